The first-order valence-corrected chi connectivity index (χ1v) is 5.93. The quantitative estimate of drug-likeness (QED) is 0.761. The lowest BCUT2D eigenvalue weighted by atomic mass is 10.1. The van der Waals surface area contributed by atoms with Crippen molar-refractivity contribution in [3.8, 4) is 0 Å². The van der Waals surface area contributed by atoms with Crippen molar-refractivity contribution in [1.29, 1.82) is 0 Å². The van der Waals surface area contributed by atoms with Crippen LogP contribution in [0.4, 0.5) is 5.69 Å². The van der Waals surface area contributed by atoms with Gasteiger partial charge in [-0.25, -0.2) is 4.79 Å². The summed E-state index contributed by atoms with van der Waals surface area (Å²) in [5.74, 6) is -1.13. The zero-order chi connectivity index (χ0) is 14.0. The number of carboxylic acids is 1. The first kappa shape index (κ1) is 13.5. The van der Waals surface area contributed by atoms with Crippen LogP contribution in [0, 0.1) is 0 Å². The lowest BCUT2D eigenvalue weighted by molar-refractivity contribution is -0.160. The molecule has 3 N–H and O–H groups in total. The van der Waals surface area contributed by atoms with Gasteiger partial charge < -0.3 is 15.2 Å². The van der Waals surface area contributed by atoms with E-state index in [1.807, 2.05) is 0 Å². The first-order chi connectivity index (χ1) is 8.90. The van der Waals surface area contributed by atoms with Gasteiger partial charge >= 0.3 is 5.97 Å². The maximum Gasteiger partial charge on any atom is 0.337 e. The lowest BCUT2D eigenvalue weighted by Gasteiger charge is -2.18. The summed E-state index contributed by atoms with van der Waals surface area (Å²) < 4.78 is 5.52. The second-order valence-corrected chi connectivity index (χ2v) is 4.72. The molecule has 2 atom stereocenters. The average Bonchev–Trinajstić information content (AvgIpc) is 2.74. The average molecular weight is 264 g/mol. The number of anilines is 1. The molecule has 0 spiro atoms. The molecule has 0 aromatic heterocycles. The monoisotopic (exact) mass is 264 g/mol. The zero-order valence-electron chi connectivity index (χ0n) is 10.8. The third-order valence-electron chi connectivity index (χ3n) is 2.99. The molecule has 19 heavy (non-hydrogen) atoms. The van der Waals surface area contributed by atoms with E-state index < -0.39 is 17.8 Å². The van der Waals surface area contributed by atoms with Crippen LogP contribution in [-0.2, 0) is 14.3 Å². The van der Waals surface area contributed by atoms with Gasteiger partial charge in [0, 0.05) is 19.2 Å². The van der Waals surface area contributed by atoms with Crippen molar-refractivity contribution < 1.29 is 19.4 Å². The van der Waals surface area contributed by atoms with E-state index in [0.29, 0.717) is 5.69 Å². The molecule has 1 heterocycles. The lowest BCUT2D eigenvalue weighted by Crippen LogP contribution is -2.38. The summed E-state index contributed by atoms with van der Waals surface area (Å²) in [6, 6.07) is 7.07. The number of hydrogen-bond acceptors (Lipinski definition) is 4. The predicted octanol–water partition coefficient (Wildman–Crippen LogP) is 1.11. The summed E-state index contributed by atoms with van der Waals surface area (Å²) in [5, 5.41) is 14.7. The standard InChI is InChI=1S/C13H16N2O4/c1-8(16)15-10-5-3-9(4-6-10)11-14-7-13(2,19-11)12(17)18/h3-6,11,14H,7H2,1-2H3,(H,15,16)(H,17,18). The Kier molecular flexibility index (Phi) is 3.55. The third-order valence-corrected chi connectivity index (χ3v) is 2.99. The summed E-state index contributed by atoms with van der Waals surface area (Å²) >= 11 is 0. The van der Waals surface area contributed by atoms with Gasteiger partial charge in [0.15, 0.2) is 5.60 Å². The van der Waals surface area contributed by atoms with Crippen LogP contribution in [0.5, 0.6) is 0 Å². The van der Waals surface area contributed by atoms with E-state index in [2.05, 4.69) is 10.6 Å². The summed E-state index contributed by atoms with van der Waals surface area (Å²) in [4.78, 5) is 22.0. The van der Waals surface area contributed by atoms with Crippen LogP contribution in [0.2, 0.25) is 0 Å². The number of nitrogens with one attached hydrogen (secondary N) is 2. The molecule has 0 aliphatic carbocycles. The molecule has 0 bridgehead atoms. The van der Waals surface area contributed by atoms with Gasteiger partial charge in [0.25, 0.3) is 0 Å². The largest absolute Gasteiger partial charge is 0.479 e. The molecular weight excluding hydrogens is 248 g/mol. The molecule has 2 rings (SSSR count). The number of benzene rings is 1. The summed E-state index contributed by atoms with van der Waals surface area (Å²) in [6.45, 7) is 3.22. The predicted molar refractivity (Wildman–Crippen MR) is 68.6 cm³/mol. The molecule has 1 aliphatic rings. The molecule has 1 aromatic rings. The molecule has 1 saturated heterocycles. The molecule has 1 aromatic carbocycles. The highest BCUT2D eigenvalue weighted by atomic mass is 16.6. The Morgan fingerprint density at radius 2 is 2.05 bits per heavy atom. The van der Waals surface area contributed by atoms with E-state index in [-0.39, 0.29) is 12.5 Å². The second kappa shape index (κ2) is 4.99. The minimum absolute atomic E-state index is 0.138. The van der Waals surface area contributed by atoms with Crippen LogP contribution in [0.3, 0.4) is 0 Å². The van der Waals surface area contributed by atoms with E-state index in [1.54, 1.807) is 24.3 Å². The topological polar surface area (TPSA) is 87.7 Å². The van der Waals surface area contributed by atoms with Crippen molar-refractivity contribution in [2.45, 2.75) is 25.7 Å². The normalized spacial score (nSPS) is 26.1. The van der Waals surface area contributed by atoms with Crippen LogP contribution < -0.4 is 10.6 Å². The van der Waals surface area contributed by atoms with E-state index in [4.69, 9.17) is 9.84 Å². The minimum Gasteiger partial charge on any atom is -0.479 e. The van der Waals surface area contributed by atoms with Gasteiger partial charge in [-0.3, -0.25) is 10.1 Å². The van der Waals surface area contributed by atoms with E-state index in [0.717, 1.165) is 5.56 Å². The van der Waals surface area contributed by atoms with Crippen molar-refractivity contribution in [1.82, 2.24) is 5.32 Å². The smallest absolute Gasteiger partial charge is 0.337 e. The minimum atomic E-state index is -1.21. The summed E-state index contributed by atoms with van der Waals surface area (Å²) in [6.07, 6.45) is -0.451. The van der Waals surface area contributed by atoms with E-state index in [9.17, 15) is 9.59 Å². The van der Waals surface area contributed by atoms with Crippen LogP contribution >= 0.6 is 0 Å². The van der Waals surface area contributed by atoms with Crippen LogP contribution in [-0.4, -0.2) is 29.1 Å². The van der Waals surface area contributed by atoms with E-state index in [1.165, 1.54) is 13.8 Å². The van der Waals surface area contributed by atoms with Gasteiger partial charge in [-0.15, -0.1) is 0 Å². The van der Waals surface area contributed by atoms with Crippen LogP contribution in [0.25, 0.3) is 0 Å². The van der Waals surface area contributed by atoms with Crippen LogP contribution in [0.15, 0.2) is 24.3 Å². The van der Waals surface area contributed by atoms with E-state index >= 15 is 0 Å². The van der Waals surface area contributed by atoms with Crippen LogP contribution in [0.1, 0.15) is 25.6 Å². The Balaban J connectivity index is 2.08. The molecule has 0 saturated carbocycles. The van der Waals surface area contributed by atoms with Crippen molar-refractivity contribution in [2.75, 3.05) is 11.9 Å². The number of carbonyl (C=O) groups is 2. The number of carbonyl (C=O) groups excluding carboxylic acids is 1. The van der Waals surface area contributed by atoms with Crippen molar-refractivity contribution >= 4 is 17.6 Å². The molecule has 1 amide bonds. The number of rotatable bonds is 3. The Labute approximate surface area is 110 Å². The third kappa shape index (κ3) is 2.91. The van der Waals surface area contributed by atoms with Gasteiger partial charge in [-0.1, -0.05) is 12.1 Å². The van der Waals surface area contributed by atoms with Gasteiger partial charge in [-0.2, -0.15) is 0 Å². The molecule has 2 unspecified atom stereocenters. The van der Waals surface area contributed by atoms with Gasteiger partial charge in [0.1, 0.15) is 6.23 Å². The molecule has 102 valence electrons. The number of carboxylic acid groups (broad SMARTS) is 1. The zero-order valence-corrected chi connectivity index (χ0v) is 10.8. The molecule has 6 nitrogen and oxygen atoms in total. The number of ether oxygens (including phenoxy) is 1. The molecular formula is C13H16N2O4. The summed E-state index contributed by atoms with van der Waals surface area (Å²) in [5.41, 5.74) is 0.301. The van der Waals surface area contributed by atoms with Crippen molar-refractivity contribution in [3.05, 3.63) is 29.8 Å². The number of aliphatic carboxylic acids is 1. The molecule has 6 heteroatoms. The Bertz CT molecular complexity index is 500. The second-order valence-electron chi connectivity index (χ2n) is 4.72. The fourth-order valence-electron chi connectivity index (χ4n) is 1.89. The highest BCUT2D eigenvalue weighted by molar-refractivity contribution is 5.88. The fourth-order valence-corrected chi connectivity index (χ4v) is 1.89. The van der Waals surface area contributed by atoms with Gasteiger partial charge in [0.2, 0.25) is 5.91 Å². The maximum absolute atomic E-state index is 11.1. The Hall–Kier alpha value is -1.92. The Morgan fingerprint density at radius 3 is 2.53 bits per heavy atom. The Morgan fingerprint density at radius 1 is 1.42 bits per heavy atom. The van der Waals surface area contributed by atoms with Gasteiger partial charge in [-0.05, 0) is 24.6 Å². The summed E-state index contributed by atoms with van der Waals surface area (Å²) in [7, 11) is 0. The van der Waals surface area contributed by atoms with Crippen molar-refractivity contribution in [2.24, 2.45) is 0 Å². The highest BCUT2D eigenvalue weighted by Crippen LogP contribution is 2.29. The highest BCUT2D eigenvalue weighted by Gasteiger charge is 2.42. The molecule has 0 radical (unpaired) electrons. The van der Waals surface area contributed by atoms with Crippen molar-refractivity contribution in [3.63, 3.8) is 0 Å². The number of hydrogen-bond donors (Lipinski definition) is 3. The first-order valence-electron chi connectivity index (χ1n) is 5.93. The maximum atomic E-state index is 11.1. The number of amides is 1. The fraction of sp³-hybridized carbons (Fsp3) is 0.385. The SMILES string of the molecule is CC(=O)Nc1ccc(C2NCC(C)(C(=O)O)O2)cc1. The molecule has 1 fully saturated rings. The molecule has 1 aliphatic heterocycles. The van der Waals surface area contributed by atoms with Gasteiger partial charge in [0.05, 0.1) is 0 Å².